The summed E-state index contributed by atoms with van der Waals surface area (Å²) in [6.45, 7) is 4.72. The van der Waals surface area contributed by atoms with Gasteiger partial charge in [-0.1, -0.05) is 43.0 Å². The fourth-order valence-electron chi connectivity index (χ4n) is 2.19. The van der Waals surface area contributed by atoms with Crippen molar-refractivity contribution in [2.75, 3.05) is 17.2 Å². The number of hydrogen-bond acceptors (Lipinski definition) is 4. The number of hydrogen-bond donors (Lipinski definition) is 2. The molecular formula is C17H20Cl2N4O. The number of benzene rings is 1. The minimum absolute atomic E-state index is 0.289. The number of nitrogens with zero attached hydrogens (tertiary/aromatic N) is 2. The Labute approximate surface area is 151 Å². The van der Waals surface area contributed by atoms with Gasteiger partial charge in [-0.15, -0.1) is 0 Å². The van der Waals surface area contributed by atoms with Crippen LogP contribution < -0.4 is 10.6 Å². The summed E-state index contributed by atoms with van der Waals surface area (Å²) in [5.74, 6) is 0.841. The summed E-state index contributed by atoms with van der Waals surface area (Å²) in [7, 11) is 0. The quantitative estimate of drug-likeness (QED) is 0.680. The van der Waals surface area contributed by atoms with Crippen LogP contribution in [0, 0.1) is 6.92 Å². The molecule has 24 heavy (non-hydrogen) atoms. The van der Waals surface area contributed by atoms with Crippen LogP contribution in [-0.4, -0.2) is 22.4 Å². The number of nitrogens with one attached hydrogen (secondary N) is 2. The second kappa shape index (κ2) is 8.85. The van der Waals surface area contributed by atoms with Gasteiger partial charge in [-0.25, -0.2) is 9.97 Å². The molecule has 0 aliphatic carbocycles. The van der Waals surface area contributed by atoms with Gasteiger partial charge in [0.2, 0.25) is 0 Å². The van der Waals surface area contributed by atoms with Crippen LogP contribution in [0.25, 0.3) is 0 Å². The van der Waals surface area contributed by atoms with Crippen LogP contribution in [0.5, 0.6) is 0 Å². The van der Waals surface area contributed by atoms with Crippen molar-refractivity contribution in [1.29, 1.82) is 0 Å². The largest absolute Gasteiger partial charge is 0.370 e. The Kier molecular flexibility index (Phi) is 6.82. The van der Waals surface area contributed by atoms with Crippen molar-refractivity contribution in [3.8, 4) is 0 Å². The molecular weight excluding hydrogens is 347 g/mol. The van der Waals surface area contributed by atoms with E-state index in [2.05, 4.69) is 27.5 Å². The Morgan fingerprint density at radius 2 is 1.79 bits per heavy atom. The molecule has 0 bridgehead atoms. The van der Waals surface area contributed by atoms with Crippen LogP contribution in [0.3, 0.4) is 0 Å². The number of unbranched alkanes of at least 4 members (excludes halogenated alkanes) is 2. The second-order valence-electron chi connectivity index (χ2n) is 5.43. The molecule has 0 atom stereocenters. The number of carbonyl (C=O) groups is 1. The van der Waals surface area contributed by atoms with E-state index in [0.29, 0.717) is 27.4 Å². The first-order valence-electron chi connectivity index (χ1n) is 7.85. The molecule has 5 nitrogen and oxygen atoms in total. The smallest absolute Gasteiger partial charge is 0.274 e. The fraction of sp³-hybridized carbons (Fsp3) is 0.353. The zero-order valence-corrected chi connectivity index (χ0v) is 15.2. The Morgan fingerprint density at radius 1 is 1.08 bits per heavy atom. The van der Waals surface area contributed by atoms with Crippen molar-refractivity contribution in [3.63, 3.8) is 0 Å². The topological polar surface area (TPSA) is 66.9 Å². The van der Waals surface area contributed by atoms with E-state index in [-0.39, 0.29) is 11.6 Å². The normalized spacial score (nSPS) is 10.5. The minimum atomic E-state index is -0.338. The third-order valence-corrected chi connectivity index (χ3v) is 3.71. The van der Waals surface area contributed by atoms with Crippen molar-refractivity contribution in [3.05, 3.63) is 45.8 Å². The SMILES string of the molecule is CCCCCNc1cc(C(=O)Nc2cc(Cl)cc(Cl)c2)nc(C)n1. The number of rotatable bonds is 7. The number of anilines is 2. The zero-order chi connectivity index (χ0) is 17.5. The lowest BCUT2D eigenvalue weighted by atomic mass is 10.2. The van der Waals surface area contributed by atoms with Crippen LogP contribution in [0.2, 0.25) is 10.0 Å². The maximum atomic E-state index is 12.4. The summed E-state index contributed by atoms with van der Waals surface area (Å²) >= 11 is 11.9. The minimum Gasteiger partial charge on any atom is -0.370 e. The van der Waals surface area contributed by atoms with Crippen molar-refractivity contribution in [2.24, 2.45) is 0 Å². The molecule has 2 N–H and O–H groups in total. The molecule has 1 heterocycles. The molecule has 7 heteroatoms. The van der Waals surface area contributed by atoms with Gasteiger partial charge in [0.15, 0.2) is 0 Å². The second-order valence-corrected chi connectivity index (χ2v) is 6.30. The van der Waals surface area contributed by atoms with Gasteiger partial charge in [0.1, 0.15) is 17.3 Å². The van der Waals surface area contributed by atoms with Crippen molar-refractivity contribution in [1.82, 2.24) is 9.97 Å². The summed E-state index contributed by atoms with van der Waals surface area (Å²) < 4.78 is 0. The average molecular weight is 367 g/mol. The first-order chi connectivity index (χ1) is 11.5. The molecule has 0 saturated heterocycles. The van der Waals surface area contributed by atoms with Crippen LogP contribution >= 0.6 is 23.2 Å². The first-order valence-corrected chi connectivity index (χ1v) is 8.60. The first kappa shape index (κ1) is 18.5. The highest BCUT2D eigenvalue weighted by Gasteiger charge is 2.11. The highest BCUT2D eigenvalue weighted by molar-refractivity contribution is 6.35. The summed E-state index contributed by atoms with van der Waals surface area (Å²) in [5.41, 5.74) is 0.808. The van der Waals surface area contributed by atoms with Gasteiger partial charge in [0, 0.05) is 28.3 Å². The predicted molar refractivity (Wildman–Crippen MR) is 99.2 cm³/mol. The molecule has 128 valence electrons. The van der Waals surface area contributed by atoms with E-state index in [0.717, 1.165) is 25.8 Å². The molecule has 1 aromatic carbocycles. The zero-order valence-electron chi connectivity index (χ0n) is 13.7. The molecule has 0 spiro atoms. The maximum absolute atomic E-state index is 12.4. The van der Waals surface area contributed by atoms with Gasteiger partial charge in [-0.2, -0.15) is 0 Å². The maximum Gasteiger partial charge on any atom is 0.274 e. The summed E-state index contributed by atoms with van der Waals surface area (Å²) in [4.78, 5) is 20.9. The van der Waals surface area contributed by atoms with E-state index in [4.69, 9.17) is 23.2 Å². The van der Waals surface area contributed by atoms with Crippen LogP contribution in [0.1, 0.15) is 42.5 Å². The number of carbonyl (C=O) groups excluding carboxylic acids is 1. The number of halogens is 2. The molecule has 0 saturated carbocycles. The van der Waals surface area contributed by atoms with Crippen LogP contribution in [0.15, 0.2) is 24.3 Å². The van der Waals surface area contributed by atoms with E-state index in [1.807, 2.05) is 0 Å². The van der Waals surface area contributed by atoms with E-state index in [1.54, 1.807) is 31.2 Å². The Balaban J connectivity index is 2.09. The summed E-state index contributed by atoms with van der Waals surface area (Å²) in [5, 5.41) is 6.88. The van der Waals surface area contributed by atoms with E-state index < -0.39 is 0 Å². The highest BCUT2D eigenvalue weighted by atomic mass is 35.5. The van der Waals surface area contributed by atoms with Gasteiger partial charge in [-0.3, -0.25) is 4.79 Å². The number of amides is 1. The number of aryl methyl sites for hydroxylation is 1. The van der Waals surface area contributed by atoms with Crippen molar-refractivity contribution < 1.29 is 4.79 Å². The van der Waals surface area contributed by atoms with Crippen LogP contribution in [-0.2, 0) is 0 Å². The average Bonchev–Trinajstić information content (AvgIpc) is 2.50. The molecule has 0 radical (unpaired) electrons. The van der Waals surface area contributed by atoms with Crippen molar-refractivity contribution in [2.45, 2.75) is 33.1 Å². The van der Waals surface area contributed by atoms with E-state index >= 15 is 0 Å². The molecule has 0 aliphatic heterocycles. The molecule has 0 fully saturated rings. The third-order valence-electron chi connectivity index (χ3n) is 3.28. The van der Waals surface area contributed by atoms with Gasteiger partial charge in [-0.05, 0) is 31.5 Å². The van der Waals surface area contributed by atoms with Gasteiger partial charge >= 0.3 is 0 Å². The Bertz CT molecular complexity index is 701. The molecule has 2 rings (SSSR count). The van der Waals surface area contributed by atoms with Crippen molar-refractivity contribution >= 4 is 40.6 Å². The van der Waals surface area contributed by atoms with E-state index in [9.17, 15) is 4.79 Å². The lowest BCUT2D eigenvalue weighted by Crippen LogP contribution is -2.16. The Morgan fingerprint density at radius 3 is 2.46 bits per heavy atom. The van der Waals surface area contributed by atoms with Gasteiger partial charge in [0.25, 0.3) is 5.91 Å². The molecule has 1 amide bonds. The molecule has 1 aromatic heterocycles. The molecule has 0 unspecified atom stereocenters. The fourth-order valence-corrected chi connectivity index (χ4v) is 2.71. The van der Waals surface area contributed by atoms with E-state index in [1.165, 1.54) is 0 Å². The highest BCUT2D eigenvalue weighted by Crippen LogP contribution is 2.23. The summed E-state index contributed by atoms with van der Waals surface area (Å²) in [6, 6.07) is 6.50. The van der Waals surface area contributed by atoms with Gasteiger partial charge < -0.3 is 10.6 Å². The molecule has 0 aliphatic rings. The number of aromatic nitrogens is 2. The van der Waals surface area contributed by atoms with Crippen LogP contribution in [0.4, 0.5) is 11.5 Å². The molecule has 2 aromatic rings. The monoisotopic (exact) mass is 366 g/mol. The summed E-state index contributed by atoms with van der Waals surface area (Å²) in [6.07, 6.45) is 3.36. The predicted octanol–water partition coefficient (Wildman–Crippen LogP) is 4.95. The lowest BCUT2D eigenvalue weighted by molar-refractivity contribution is 0.102. The standard InChI is InChI=1S/C17H20Cl2N4O/c1-3-4-5-6-20-16-10-15(21-11(2)22-16)17(24)23-14-8-12(18)7-13(19)9-14/h7-10H,3-6H2,1-2H3,(H,23,24)(H,20,21,22). The third kappa shape index (κ3) is 5.65. The lowest BCUT2D eigenvalue weighted by Gasteiger charge is -2.09. The Hall–Kier alpha value is -1.85. The van der Waals surface area contributed by atoms with Gasteiger partial charge in [0.05, 0.1) is 0 Å².